The molecule has 0 aliphatic rings. The number of rotatable bonds is 4. The summed E-state index contributed by atoms with van der Waals surface area (Å²) in [5.41, 5.74) is 2.14. The SMILES string of the molecule is CCc1n[nH]c(=O)c(C(=O)Nc2cnc3[nH]ncc3c2)c1CC. The minimum absolute atomic E-state index is 0.103. The molecule has 3 aromatic rings. The summed E-state index contributed by atoms with van der Waals surface area (Å²) in [6, 6.07) is 1.74. The van der Waals surface area contributed by atoms with Gasteiger partial charge < -0.3 is 5.32 Å². The molecular weight excluding hydrogens is 296 g/mol. The highest BCUT2D eigenvalue weighted by atomic mass is 16.2. The van der Waals surface area contributed by atoms with Crippen LogP contribution in [0.25, 0.3) is 11.0 Å². The molecule has 3 N–H and O–H groups in total. The van der Waals surface area contributed by atoms with E-state index >= 15 is 0 Å². The van der Waals surface area contributed by atoms with E-state index in [1.165, 1.54) is 6.20 Å². The Kier molecular flexibility index (Phi) is 3.88. The van der Waals surface area contributed by atoms with E-state index in [2.05, 4.69) is 30.7 Å². The Bertz CT molecular complexity index is 927. The van der Waals surface area contributed by atoms with Gasteiger partial charge in [-0.05, 0) is 24.5 Å². The Hall–Kier alpha value is -3.03. The number of aryl methyl sites for hydroxylation is 1. The number of carbonyl (C=O) groups is 1. The largest absolute Gasteiger partial charge is 0.320 e. The highest BCUT2D eigenvalue weighted by Gasteiger charge is 2.19. The molecule has 23 heavy (non-hydrogen) atoms. The summed E-state index contributed by atoms with van der Waals surface area (Å²) in [6.07, 6.45) is 4.33. The number of H-pyrrole nitrogens is 2. The lowest BCUT2D eigenvalue weighted by Crippen LogP contribution is -2.27. The van der Waals surface area contributed by atoms with Gasteiger partial charge in [0.1, 0.15) is 5.56 Å². The van der Waals surface area contributed by atoms with E-state index in [-0.39, 0.29) is 5.56 Å². The Labute approximate surface area is 131 Å². The van der Waals surface area contributed by atoms with E-state index < -0.39 is 11.5 Å². The lowest BCUT2D eigenvalue weighted by molar-refractivity contribution is 0.102. The number of aromatic nitrogens is 5. The van der Waals surface area contributed by atoms with E-state index in [9.17, 15) is 9.59 Å². The molecule has 118 valence electrons. The molecule has 0 aliphatic heterocycles. The van der Waals surface area contributed by atoms with E-state index in [1.54, 1.807) is 12.3 Å². The molecule has 8 nitrogen and oxygen atoms in total. The summed E-state index contributed by atoms with van der Waals surface area (Å²) in [7, 11) is 0. The zero-order valence-corrected chi connectivity index (χ0v) is 12.8. The number of hydrogen-bond acceptors (Lipinski definition) is 5. The van der Waals surface area contributed by atoms with Crippen molar-refractivity contribution >= 4 is 22.6 Å². The topological polar surface area (TPSA) is 116 Å². The minimum Gasteiger partial charge on any atom is -0.320 e. The molecule has 0 atom stereocenters. The fourth-order valence-corrected chi connectivity index (χ4v) is 2.53. The maximum absolute atomic E-state index is 12.5. The van der Waals surface area contributed by atoms with Gasteiger partial charge in [-0.25, -0.2) is 10.1 Å². The van der Waals surface area contributed by atoms with Crippen LogP contribution in [0.4, 0.5) is 5.69 Å². The zero-order chi connectivity index (χ0) is 16.4. The number of anilines is 1. The number of nitrogens with one attached hydrogen (secondary N) is 3. The first-order valence-electron chi connectivity index (χ1n) is 7.35. The standard InChI is InChI=1S/C15H16N6O2/c1-3-10-11(4-2)19-21-15(23)12(10)14(22)18-9-5-8-6-17-20-13(8)16-7-9/h5-7H,3-4H2,1-2H3,(H,18,22)(H,21,23)(H,16,17,20). The predicted octanol–water partition coefficient (Wildman–Crippen LogP) is 1.42. The van der Waals surface area contributed by atoms with E-state index in [4.69, 9.17) is 0 Å². The average molecular weight is 312 g/mol. The van der Waals surface area contributed by atoms with Crippen LogP contribution in [0, 0.1) is 0 Å². The molecule has 0 spiro atoms. The molecule has 0 aromatic carbocycles. The first kappa shape index (κ1) is 14.9. The van der Waals surface area contributed by atoms with Gasteiger partial charge in [0.05, 0.1) is 23.8 Å². The summed E-state index contributed by atoms with van der Waals surface area (Å²) in [4.78, 5) is 28.8. The summed E-state index contributed by atoms with van der Waals surface area (Å²) in [5, 5.41) is 16.5. The van der Waals surface area contributed by atoms with Crippen LogP contribution in [-0.4, -0.2) is 31.3 Å². The fraction of sp³-hybridized carbons (Fsp3) is 0.267. The van der Waals surface area contributed by atoms with Crippen molar-refractivity contribution in [1.82, 2.24) is 25.4 Å². The second kappa shape index (κ2) is 5.99. The Morgan fingerprint density at radius 1 is 1.22 bits per heavy atom. The number of hydrogen-bond donors (Lipinski definition) is 3. The molecule has 3 rings (SSSR count). The summed E-state index contributed by atoms with van der Waals surface area (Å²) in [5.74, 6) is -0.468. The maximum atomic E-state index is 12.5. The van der Waals surface area contributed by atoms with Crippen molar-refractivity contribution in [3.63, 3.8) is 0 Å². The van der Waals surface area contributed by atoms with Crippen molar-refractivity contribution in [3.8, 4) is 0 Å². The van der Waals surface area contributed by atoms with Crippen LogP contribution in [0.1, 0.15) is 35.5 Å². The number of pyridine rings is 1. The van der Waals surface area contributed by atoms with Gasteiger partial charge in [-0.2, -0.15) is 10.2 Å². The monoisotopic (exact) mass is 312 g/mol. The number of fused-ring (bicyclic) bond motifs is 1. The second-order valence-corrected chi connectivity index (χ2v) is 5.05. The molecular formula is C15H16N6O2. The molecule has 1 amide bonds. The summed E-state index contributed by atoms with van der Waals surface area (Å²) < 4.78 is 0. The van der Waals surface area contributed by atoms with E-state index in [0.29, 0.717) is 29.7 Å². The van der Waals surface area contributed by atoms with Crippen molar-refractivity contribution in [2.75, 3.05) is 5.32 Å². The Balaban J connectivity index is 1.98. The van der Waals surface area contributed by atoms with Gasteiger partial charge in [0.15, 0.2) is 5.65 Å². The molecule has 0 radical (unpaired) electrons. The van der Waals surface area contributed by atoms with Crippen LogP contribution >= 0.6 is 0 Å². The predicted molar refractivity (Wildman–Crippen MR) is 85.5 cm³/mol. The van der Waals surface area contributed by atoms with Gasteiger partial charge in [-0.3, -0.25) is 14.7 Å². The lowest BCUT2D eigenvalue weighted by Gasteiger charge is -2.10. The van der Waals surface area contributed by atoms with Gasteiger partial charge in [0, 0.05) is 5.39 Å². The summed E-state index contributed by atoms with van der Waals surface area (Å²) >= 11 is 0. The van der Waals surface area contributed by atoms with Crippen LogP contribution in [0.2, 0.25) is 0 Å². The molecule has 3 aromatic heterocycles. The molecule has 0 bridgehead atoms. The first-order valence-corrected chi connectivity index (χ1v) is 7.35. The first-order chi connectivity index (χ1) is 11.1. The van der Waals surface area contributed by atoms with Gasteiger partial charge in [-0.15, -0.1) is 0 Å². The van der Waals surface area contributed by atoms with Crippen LogP contribution in [-0.2, 0) is 12.8 Å². The van der Waals surface area contributed by atoms with Crippen LogP contribution in [0.5, 0.6) is 0 Å². The van der Waals surface area contributed by atoms with Gasteiger partial charge >= 0.3 is 0 Å². The van der Waals surface area contributed by atoms with Gasteiger partial charge in [-0.1, -0.05) is 13.8 Å². The molecule has 0 saturated carbocycles. The third-order valence-corrected chi connectivity index (χ3v) is 3.63. The Morgan fingerprint density at radius 3 is 2.78 bits per heavy atom. The molecule has 0 unspecified atom stereocenters. The average Bonchev–Trinajstić information content (AvgIpc) is 3.01. The lowest BCUT2D eigenvalue weighted by atomic mass is 10.0. The highest BCUT2D eigenvalue weighted by molar-refractivity contribution is 6.05. The van der Waals surface area contributed by atoms with Gasteiger partial charge in [0.25, 0.3) is 11.5 Å². The fourth-order valence-electron chi connectivity index (χ4n) is 2.53. The van der Waals surface area contributed by atoms with Crippen LogP contribution in [0.15, 0.2) is 23.3 Å². The molecule has 0 saturated heterocycles. The van der Waals surface area contributed by atoms with Crippen molar-refractivity contribution in [2.45, 2.75) is 26.7 Å². The van der Waals surface area contributed by atoms with Crippen molar-refractivity contribution in [2.24, 2.45) is 0 Å². The second-order valence-electron chi connectivity index (χ2n) is 5.05. The molecule has 3 heterocycles. The molecule has 8 heteroatoms. The number of amides is 1. The molecule has 0 fully saturated rings. The number of nitrogens with zero attached hydrogens (tertiary/aromatic N) is 3. The van der Waals surface area contributed by atoms with Crippen LogP contribution < -0.4 is 10.9 Å². The zero-order valence-electron chi connectivity index (χ0n) is 12.8. The van der Waals surface area contributed by atoms with E-state index in [0.717, 1.165) is 11.1 Å². The van der Waals surface area contributed by atoms with Crippen molar-refractivity contribution < 1.29 is 4.79 Å². The minimum atomic E-state index is -0.492. The number of carbonyl (C=O) groups excluding carboxylic acids is 1. The normalized spacial score (nSPS) is 10.9. The van der Waals surface area contributed by atoms with Crippen molar-refractivity contribution in [3.05, 3.63) is 45.6 Å². The quantitative estimate of drug-likeness (QED) is 0.673. The smallest absolute Gasteiger partial charge is 0.277 e. The van der Waals surface area contributed by atoms with Crippen molar-refractivity contribution in [1.29, 1.82) is 0 Å². The van der Waals surface area contributed by atoms with E-state index in [1.807, 2.05) is 13.8 Å². The maximum Gasteiger partial charge on any atom is 0.277 e. The highest BCUT2D eigenvalue weighted by Crippen LogP contribution is 2.16. The van der Waals surface area contributed by atoms with Gasteiger partial charge in [0.2, 0.25) is 0 Å². The summed E-state index contributed by atoms with van der Waals surface area (Å²) in [6.45, 7) is 3.82. The Morgan fingerprint density at radius 2 is 2.04 bits per heavy atom. The van der Waals surface area contributed by atoms with Crippen LogP contribution in [0.3, 0.4) is 0 Å². The third kappa shape index (κ3) is 2.70. The third-order valence-electron chi connectivity index (χ3n) is 3.63. The number of aromatic amines is 2. The molecule has 0 aliphatic carbocycles.